The summed E-state index contributed by atoms with van der Waals surface area (Å²) in [4.78, 5) is 13.0. The van der Waals surface area contributed by atoms with Crippen LogP contribution in [0.5, 0.6) is 17.4 Å². The maximum absolute atomic E-state index is 14.3. The van der Waals surface area contributed by atoms with Crippen molar-refractivity contribution in [2.75, 3.05) is 11.9 Å². The van der Waals surface area contributed by atoms with Gasteiger partial charge in [-0.05, 0) is 30.9 Å². The van der Waals surface area contributed by atoms with Crippen LogP contribution in [0.15, 0.2) is 42.7 Å². The van der Waals surface area contributed by atoms with Crippen molar-refractivity contribution in [1.29, 1.82) is 0 Å². The quantitative estimate of drug-likeness (QED) is 0.479. The first-order chi connectivity index (χ1) is 14.8. The number of hydrogen-bond donors (Lipinski definition) is 3. The number of aliphatic hydroxyl groups is 1. The second-order valence-electron chi connectivity index (χ2n) is 7.75. The van der Waals surface area contributed by atoms with E-state index in [1.165, 1.54) is 27.6 Å². The van der Waals surface area contributed by atoms with Crippen LogP contribution in [-0.2, 0) is 11.3 Å². The average Bonchev–Trinajstić information content (AvgIpc) is 3.29. The highest BCUT2D eigenvalue weighted by Crippen LogP contribution is 2.33. The molecule has 1 aromatic carbocycles. The number of aryl methyl sites for hydroxylation is 1. The molecule has 1 amide bonds. The van der Waals surface area contributed by atoms with Crippen LogP contribution < -0.4 is 10.1 Å². The Kier molecular flexibility index (Phi) is 6.96. The summed E-state index contributed by atoms with van der Waals surface area (Å²) in [6.45, 7) is 5.83. The molecule has 0 saturated carbocycles. The van der Waals surface area contributed by atoms with Gasteiger partial charge in [0.2, 0.25) is 5.91 Å². The number of nitrogens with one attached hydrogen (secondary N) is 1. The molecule has 0 aliphatic carbocycles. The van der Waals surface area contributed by atoms with Gasteiger partial charge in [0, 0.05) is 18.3 Å². The van der Waals surface area contributed by atoms with Gasteiger partial charge in [-0.1, -0.05) is 26.0 Å². The van der Waals surface area contributed by atoms with Gasteiger partial charge in [-0.25, -0.2) is 4.39 Å². The maximum Gasteiger partial charge on any atom is 0.248 e. The van der Waals surface area contributed by atoms with E-state index >= 15 is 0 Å². The van der Waals surface area contributed by atoms with Crippen molar-refractivity contribution in [3.63, 3.8) is 0 Å². The molecule has 166 valence electrons. The molecule has 3 rings (SSSR count). The summed E-state index contributed by atoms with van der Waals surface area (Å²) in [5.41, 5.74) is 0.443. The molecule has 2 heterocycles. The average molecular weight is 430 g/mol. The Morgan fingerprint density at radius 3 is 2.81 bits per heavy atom. The number of nitrogens with zero attached hydrogens (tertiary/aromatic N) is 3. The van der Waals surface area contributed by atoms with Gasteiger partial charge < -0.3 is 24.8 Å². The number of anilines is 1. The molecule has 2 aromatic heterocycles. The van der Waals surface area contributed by atoms with Gasteiger partial charge in [0.1, 0.15) is 11.8 Å². The third-order valence-electron chi connectivity index (χ3n) is 4.74. The summed E-state index contributed by atoms with van der Waals surface area (Å²) in [6, 6.07) is 7.05. The van der Waals surface area contributed by atoms with Crippen LogP contribution in [-0.4, -0.2) is 37.1 Å². The molecule has 3 aromatic rings. The monoisotopic (exact) mass is 430 g/mol. The van der Waals surface area contributed by atoms with Gasteiger partial charge in [0.15, 0.2) is 23.3 Å². The summed E-state index contributed by atoms with van der Waals surface area (Å²) >= 11 is 0. The molecule has 0 saturated heterocycles. The van der Waals surface area contributed by atoms with E-state index in [2.05, 4.69) is 10.4 Å². The Bertz CT molecular complexity index is 1040. The van der Waals surface area contributed by atoms with Crippen molar-refractivity contribution >= 4 is 11.7 Å². The van der Waals surface area contributed by atoms with Crippen LogP contribution in [0.25, 0.3) is 0 Å². The topological polar surface area (TPSA) is 102 Å². The zero-order chi connectivity index (χ0) is 22.5. The number of hydrogen-bond acceptors (Lipinski definition) is 5. The second-order valence-corrected chi connectivity index (χ2v) is 7.75. The summed E-state index contributed by atoms with van der Waals surface area (Å²) in [7, 11) is 0. The molecule has 0 unspecified atom stereocenters. The highest BCUT2D eigenvalue weighted by molar-refractivity contribution is 5.93. The Morgan fingerprint density at radius 2 is 2.10 bits per heavy atom. The lowest BCUT2D eigenvalue weighted by atomic mass is 10.0. The Morgan fingerprint density at radius 1 is 1.32 bits per heavy atom. The Balaban J connectivity index is 1.82. The van der Waals surface area contributed by atoms with Gasteiger partial charge >= 0.3 is 0 Å². The summed E-state index contributed by atoms with van der Waals surface area (Å²) in [5, 5.41) is 26.4. The van der Waals surface area contributed by atoms with Crippen molar-refractivity contribution in [3.05, 3.63) is 54.1 Å². The van der Waals surface area contributed by atoms with Crippen LogP contribution in [0.2, 0.25) is 0 Å². The highest BCUT2D eigenvalue weighted by atomic mass is 19.1. The normalized spacial score (nSPS) is 12.2. The van der Waals surface area contributed by atoms with Crippen molar-refractivity contribution < 1.29 is 24.1 Å². The smallest absolute Gasteiger partial charge is 0.248 e. The number of aliphatic hydroxyl groups excluding tert-OH is 1. The molecule has 9 heteroatoms. The fourth-order valence-corrected chi connectivity index (χ4v) is 3.23. The number of aromatic nitrogens is 3. The van der Waals surface area contributed by atoms with Gasteiger partial charge in [0.25, 0.3) is 0 Å². The SMILES string of the molecule is Cc1cccc(Oc2cc(O)n([C@@H](CC(C)C)C(=O)Nc3ccn(CCO)n3)c2)c1F. The van der Waals surface area contributed by atoms with E-state index in [0.717, 1.165) is 0 Å². The number of amides is 1. The van der Waals surface area contributed by atoms with Crippen molar-refractivity contribution in [3.8, 4) is 17.4 Å². The van der Waals surface area contributed by atoms with Crippen molar-refractivity contribution in [2.45, 2.75) is 39.8 Å². The molecule has 0 spiro atoms. The lowest BCUT2D eigenvalue weighted by Crippen LogP contribution is -2.27. The third-order valence-corrected chi connectivity index (χ3v) is 4.74. The van der Waals surface area contributed by atoms with Gasteiger partial charge in [-0.15, -0.1) is 0 Å². The van der Waals surface area contributed by atoms with Crippen molar-refractivity contribution in [2.24, 2.45) is 5.92 Å². The van der Waals surface area contributed by atoms with Gasteiger partial charge in [-0.3, -0.25) is 9.48 Å². The van der Waals surface area contributed by atoms with E-state index in [1.54, 1.807) is 31.3 Å². The molecule has 8 nitrogen and oxygen atoms in total. The predicted molar refractivity (Wildman–Crippen MR) is 114 cm³/mol. The van der Waals surface area contributed by atoms with Crippen LogP contribution in [0.3, 0.4) is 0 Å². The number of benzene rings is 1. The van der Waals surface area contributed by atoms with Gasteiger partial charge in [-0.2, -0.15) is 5.10 Å². The van der Waals surface area contributed by atoms with E-state index in [1.807, 2.05) is 13.8 Å². The summed E-state index contributed by atoms with van der Waals surface area (Å²) < 4.78 is 22.8. The molecule has 3 N–H and O–H groups in total. The molecular formula is C22H27FN4O4. The molecule has 0 aliphatic heterocycles. The maximum atomic E-state index is 14.3. The number of aromatic hydroxyl groups is 1. The van der Waals surface area contributed by atoms with Crippen LogP contribution in [0.4, 0.5) is 10.2 Å². The minimum absolute atomic E-state index is 0.0384. The zero-order valence-corrected chi connectivity index (χ0v) is 17.7. The van der Waals surface area contributed by atoms with E-state index in [-0.39, 0.29) is 35.8 Å². The lowest BCUT2D eigenvalue weighted by molar-refractivity contribution is -0.119. The van der Waals surface area contributed by atoms with Crippen LogP contribution >= 0.6 is 0 Å². The standard InChI is InChI=1S/C22H27FN4O4/c1-14(2)11-17(22(30)24-19-7-8-26(25-19)9-10-28)27-13-16(12-20(27)29)31-18-6-4-5-15(3)21(18)23/h4-8,12-14,17,28-29H,9-11H2,1-3H3,(H,24,25,30)/t17-/m0/s1. The minimum atomic E-state index is -0.734. The summed E-state index contributed by atoms with van der Waals surface area (Å²) in [5.74, 6) is -0.256. The number of ether oxygens (including phenoxy) is 1. The largest absolute Gasteiger partial charge is 0.494 e. The molecule has 0 fully saturated rings. The predicted octanol–water partition coefficient (Wildman–Crippen LogP) is 3.85. The van der Waals surface area contributed by atoms with Crippen LogP contribution in [0, 0.1) is 18.7 Å². The fourth-order valence-electron chi connectivity index (χ4n) is 3.23. The first-order valence-corrected chi connectivity index (χ1v) is 10.1. The molecular weight excluding hydrogens is 403 g/mol. The lowest BCUT2D eigenvalue weighted by Gasteiger charge is -2.20. The number of rotatable bonds is 9. The third kappa shape index (κ3) is 5.43. The molecule has 0 radical (unpaired) electrons. The Hall–Kier alpha value is -3.33. The van der Waals surface area contributed by atoms with Gasteiger partial charge in [0.05, 0.1) is 19.3 Å². The van der Waals surface area contributed by atoms with Crippen molar-refractivity contribution in [1.82, 2.24) is 14.3 Å². The molecule has 31 heavy (non-hydrogen) atoms. The van der Waals surface area contributed by atoms with E-state index in [4.69, 9.17) is 9.84 Å². The summed E-state index contributed by atoms with van der Waals surface area (Å²) in [6.07, 6.45) is 3.58. The first kappa shape index (κ1) is 22.4. The van der Waals surface area contributed by atoms with Crippen LogP contribution in [0.1, 0.15) is 31.9 Å². The minimum Gasteiger partial charge on any atom is -0.494 e. The van der Waals surface area contributed by atoms with E-state index in [0.29, 0.717) is 24.3 Å². The second kappa shape index (κ2) is 9.65. The molecule has 0 aliphatic rings. The van der Waals surface area contributed by atoms with E-state index in [9.17, 15) is 14.3 Å². The molecule has 0 bridgehead atoms. The highest BCUT2D eigenvalue weighted by Gasteiger charge is 2.25. The number of carbonyl (C=O) groups is 1. The first-order valence-electron chi connectivity index (χ1n) is 10.1. The zero-order valence-electron chi connectivity index (χ0n) is 17.7. The van der Waals surface area contributed by atoms with E-state index < -0.39 is 11.9 Å². The number of carbonyl (C=O) groups excluding carboxylic acids is 1. The fraction of sp³-hybridized carbons (Fsp3) is 0.364. The Labute approximate surface area is 179 Å². The number of halogens is 1. The molecule has 1 atom stereocenters.